The van der Waals surface area contributed by atoms with Crippen LogP contribution in [0.15, 0.2) is 24.3 Å². The van der Waals surface area contributed by atoms with E-state index in [4.69, 9.17) is 11.0 Å². The molecule has 1 saturated carbocycles. The minimum atomic E-state index is -0.207. The fraction of sp³-hybridized carbons (Fsp3) is 0.619. The van der Waals surface area contributed by atoms with Gasteiger partial charge in [0.25, 0.3) is 0 Å². The molecule has 1 saturated heterocycles. The Hall–Kier alpha value is -2.06. The van der Waals surface area contributed by atoms with E-state index in [0.29, 0.717) is 29.4 Å². The molecule has 1 heterocycles. The molecule has 0 radical (unpaired) electrons. The van der Waals surface area contributed by atoms with Gasteiger partial charge in [-0.1, -0.05) is 19.9 Å². The van der Waals surface area contributed by atoms with Crippen LogP contribution in [0.5, 0.6) is 0 Å². The third kappa shape index (κ3) is 3.71. The number of likely N-dealkylation sites (N-methyl/N-ethyl adjacent to an activating group) is 1. The van der Waals surface area contributed by atoms with Crippen molar-refractivity contribution in [2.45, 2.75) is 45.2 Å². The zero-order chi connectivity index (χ0) is 18.8. The summed E-state index contributed by atoms with van der Waals surface area (Å²) in [5.74, 6) is 1.45. The second-order valence-electron chi connectivity index (χ2n) is 8.35. The average Bonchev–Trinajstić information content (AvgIpc) is 3.19. The second kappa shape index (κ2) is 7.67. The van der Waals surface area contributed by atoms with Crippen LogP contribution in [0.4, 0.5) is 5.69 Å². The molecule has 0 spiro atoms. The van der Waals surface area contributed by atoms with Crippen LogP contribution in [0.25, 0.3) is 0 Å². The summed E-state index contributed by atoms with van der Waals surface area (Å²) in [6.45, 7) is 6.30. The molecule has 1 aliphatic heterocycles. The average molecular weight is 354 g/mol. The van der Waals surface area contributed by atoms with Crippen molar-refractivity contribution in [3.05, 3.63) is 29.8 Å². The molecule has 5 nitrogen and oxygen atoms in total. The van der Waals surface area contributed by atoms with Gasteiger partial charge in [0.15, 0.2) is 0 Å². The van der Waals surface area contributed by atoms with E-state index in [1.807, 2.05) is 18.2 Å². The summed E-state index contributed by atoms with van der Waals surface area (Å²) in [5, 5.41) is 9.15. The molecule has 0 unspecified atom stereocenters. The van der Waals surface area contributed by atoms with E-state index in [9.17, 15) is 4.79 Å². The standard InChI is InChI=1S/C21H30N4O/c1-14(2)9-20(21(23)26)24(3)19-8-7-16-12-25(13-18(16)19)17-6-4-5-15(10-17)11-22/h4-6,10,14,16,18-20H,7-9,12-13H2,1-3H3,(H2,23,26)/t16-,18+,19+,20+/m1/s1. The van der Waals surface area contributed by atoms with E-state index in [1.165, 1.54) is 6.42 Å². The van der Waals surface area contributed by atoms with Gasteiger partial charge < -0.3 is 10.6 Å². The summed E-state index contributed by atoms with van der Waals surface area (Å²) >= 11 is 0. The van der Waals surface area contributed by atoms with Crippen molar-refractivity contribution in [2.24, 2.45) is 23.5 Å². The third-order valence-electron chi connectivity index (χ3n) is 6.20. The van der Waals surface area contributed by atoms with E-state index >= 15 is 0 Å². The fourth-order valence-corrected chi connectivity index (χ4v) is 4.89. The highest BCUT2D eigenvalue weighted by Crippen LogP contribution is 2.42. The van der Waals surface area contributed by atoms with Crippen LogP contribution in [0.1, 0.15) is 38.7 Å². The second-order valence-corrected chi connectivity index (χ2v) is 8.35. The van der Waals surface area contributed by atoms with Crippen molar-refractivity contribution >= 4 is 11.6 Å². The molecule has 0 bridgehead atoms. The third-order valence-corrected chi connectivity index (χ3v) is 6.20. The molecule has 3 rings (SSSR count). The summed E-state index contributed by atoms with van der Waals surface area (Å²) < 4.78 is 0. The molecule has 2 aliphatic rings. The van der Waals surface area contributed by atoms with Gasteiger partial charge in [0.2, 0.25) is 5.91 Å². The lowest BCUT2D eigenvalue weighted by Gasteiger charge is -2.35. The van der Waals surface area contributed by atoms with Gasteiger partial charge in [0, 0.05) is 24.8 Å². The first kappa shape index (κ1) is 18.7. The van der Waals surface area contributed by atoms with Gasteiger partial charge in [-0.05, 0) is 62.3 Å². The van der Waals surface area contributed by atoms with Crippen LogP contribution in [0.2, 0.25) is 0 Å². The number of anilines is 1. The number of primary amides is 1. The van der Waals surface area contributed by atoms with Crippen molar-refractivity contribution < 1.29 is 4.79 Å². The minimum absolute atomic E-state index is 0.185. The quantitative estimate of drug-likeness (QED) is 0.852. The monoisotopic (exact) mass is 354 g/mol. The van der Waals surface area contributed by atoms with Crippen LogP contribution in [0, 0.1) is 29.1 Å². The molecule has 1 aromatic carbocycles. The van der Waals surface area contributed by atoms with Crippen LogP contribution in [-0.4, -0.2) is 43.0 Å². The number of nitriles is 1. The van der Waals surface area contributed by atoms with Gasteiger partial charge in [0.05, 0.1) is 17.7 Å². The lowest BCUT2D eigenvalue weighted by Crippen LogP contribution is -2.50. The molecule has 0 aromatic heterocycles. The number of fused-ring (bicyclic) bond motifs is 1. The van der Waals surface area contributed by atoms with Crippen LogP contribution >= 0.6 is 0 Å². The van der Waals surface area contributed by atoms with Crippen LogP contribution < -0.4 is 10.6 Å². The van der Waals surface area contributed by atoms with Crippen molar-refractivity contribution in [2.75, 3.05) is 25.0 Å². The highest BCUT2D eigenvalue weighted by atomic mass is 16.1. The first-order valence-electron chi connectivity index (χ1n) is 9.67. The Bertz CT molecular complexity index is 695. The number of nitrogens with two attached hydrogens (primary N) is 1. The fourth-order valence-electron chi connectivity index (χ4n) is 4.89. The normalized spacial score (nSPS) is 26.2. The number of carbonyl (C=O) groups is 1. The number of carbonyl (C=O) groups excluding carboxylic acids is 1. The Kier molecular flexibility index (Phi) is 5.52. The van der Waals surface area contributed by atoms with Crippen LogP contribution in [-0.2, 0) is 4.79 Å². The van der Waals surface area contributed by atoms with E-state index in [0.717, 1.165) is 31.6 Å². The Morgan fingerprint density at radius 1 is 1.38 bits per heavy atom. The maximum absolute atomic E-state index is 12.0. The first-order chi connectivity index (χ1) is 12.4. The summed E-state index contributed by atoms with van der Waals surface area (Å²) in [5.41, 5.74) is 7.56. The SMILES string of the molecule is CC(C)C[C@@H](C(N)=O)N(C)[C@H]1CC[C@@H]2CN(c3cccc(C#N)c3)C[C@@H]21. The molecule has 1 aliphatic carbocycles. The Morgan fingerprint density at radius 3 is 2.81 bits per heavy atom. The molecular formula is C21H30N4O. The summed E-state index contributed by atoms with van der Waals surface area (Å²) in [6.07, 6.45) is 3.15. The zero-order valence-corrected chi connectivity index (χ0v) is 16.1. The zero-order valence-electron chi connectivity index (χ0n) is 16.1. The molecule has 4 atom stereocenters. The molecule has 2 N–H and O–H groups in total. The number of hydrogen-bond acceptors (Lipinski definition) is 4. The van der Waals surface area contributed by atoms with Crippen molar-refractivity contribution in [1.82, 2.24) is 4.90 Å². The summed E-state index contributed by atoms with van der Waals surface area (Å²) in [7, 11) is 2.07. The Morgan fingerprint density at radius 2 is 2.15 bits per heavy atom. The predicted molar refractivity (Wildman–Crippen MR) is 104 cm³/mol. The molecular weight excluding hydrogens is 324 g/mol. The molecule has 140 valence electrons. The first-order valence-corrected chi connectivity index (χ1v) is 9.67. The van der Waals surface area contributed by atoms with Crippen molar-refractivity contribution in [1.29, 1.82) is 5.26 Å². The Labute approximate surface area is 156 Å². The Balaban J connectivity index is 1.73. The van der Waals surface area contributed by atoms with Gasteiger partial charge >= 0.3 is 0 Å². The molecule has 1 aromatic rings. The topological polar surface area (TPSA) is 73.4 Å². The van der Waals surface area contributed by atoms with Crippen LogP contribution in [0.3, 0.4) is 0 Å². The van der Waals surface area contributed by atoms with Gasteiger partial charge in [-0.3, -0.25) is 9.69 Å². The molecule has 2 fully saturated rings. The lowest BCUT2D eigenvalue weighted by molar-refractivity contribution is -0.124. The van der Waals surface area contributed by atoms with Gasteiger partial charge in [-0.25, -0.2) is 0 Å². The molecule has 1 amide bonds. The van der Waals surface area contributed by atoms with E-state index in [2.05, 4.69) is 42.8 Å². The minimum Gasteiger partial charge on any atom is -0.371 e. The molecule has 5 heteroatoms. The largest absolute Gasteiger partial charge is 0.371 e. The highest BCUT2D eigenvalue weighted by Gasteiger charge is 2.45. The van der Waals surface area contributed by atoms with Gasteiger partial charge in [0.1, 0.15) is 0 Å². The van der Waals surface area contributed by atoms with Crippen molar-refractivity contribution in [3.63, 3.8) is 0 Å². The van der Waals surface area contributed by atoms with E-state index < -0.39 is 0 Å². The molecule has 26 heavy (non-hydrogen) atoms. The summed E-state index contributed by atoms with van der Waals surface area (Å²) in [4.78, 5) is 16.7. The lowest BCUT2D eigenvalue weighted by atomic mass is 9.94. The van der Waals surface area contributed by atoms with Crippen molar-refractivity contribution in [3.8, 4) is 6.07 Å². The number of nitrogens with zero attached hydrogens (tertiary/aromatic N) is 3. The maximum atomic E-state index is 12.0. The summed E-state index contributed by atoms with van der Waals surface area (Å²) in [6, 6.07) is 10.3. The highest BCUT2D eigenvalue weighted by molar-refractivity contribution is 5.79. The van der Waals surface area contributed by atoms with Gasteiger partial charge in [-0.15, -0.1) is 0 Å². The van der Waals surface area contributed by atoms with E-state index in [1.54, 1.807) is 0 Å². The number of rotatable bonds is 6. The predicted octanol–water partition coefficient (Wildman–Crippen LogP) is 2.60. The number of benzene rings is 1. The maximum Gasteiger partial charge on any atom is 0.234 e. The smallest absolute Gasteiger partial charge is 0.234 e. The number of amides is 1. The van der Waals surface area contributed by atoms with E-state index in [-0.39, 0.29) is 11.9 Å². The number of hydrogen-bond donors (Lipinski definition) is 1. The van der Waals surface area contributed by atoms with Gasteiger partial charge in [-0.2, -0.15) is 5.26 Å².